The Morgan fingerprint density at radius 2 is 1.65 bits per heavy atom. The highest BCUT2D eigenvalue weighted by atomic mass is 35.5. The van der Waals surface area contributed by atoms with E-state index in [4.69, 9.17) is 34.8 Å². The predicted molar refractivity (Wildman–Crippen MR) is 88.0 cm³/mol. The van der Waals surface area contributed by atoms with Crippen LogP contribution < -0.4 is 5.32 Å². The molecule has 0 fully saturated rings. The zero-order chi connectivity index (χ0) is 14.4. The van der Waals surface area contributed by atoms with Crippen molar-refractivity contribution in [1.82, 2.24) is 5.32 Å². The first kappa shape index (κ1) is 15.7. The largest absolute Gasteiger partial charge is 0.308 e. The summed E-state index contributed by atoms with van der Waals surface area (Å²) in [5.41, 5.74) is 2.38. The van der Waals surface area contributed by atoms with Crippen LogP contribution in [0.25, 0.3) is 0 Å². The minimum atomic E-state index is 0.230. The lowest BCUT2D eigenvalue weighted by atomic mass is 10.1. The lowest BCUT2D eigenvalue weighted by Gasteiger charge is -2.16. The molecule has 1 N–H and O–H groups in total. The smallest absolute Gasteiger partial charge is 0.0595 e. The van der Waals surface area contributed by atoms with E-state index in [9.17, 15) is 0 Å². The molecule has 0 aliphatic rings. The molecule has 0 saturated carbocycles. The van der Waals surface area contributed by atoms with Gasteiger partial charge in [0.1, 0.15) is 0 Å². The molecule has 1 nitrogen and oxygen atoms in total. The Kier molecular flexibility index (Phi) is 6.18. The maximum absolute atomic E-state index is 6.03. The van der Waals surface area contributed by atoms with Gasteiger partial charge in [0.2, 0.25) is 0 Å². The van der Waals surface area contributed by atoms with Crippen LogP contribution in [0, 0.1) is 0 Å². The average Bonchev–Trinajstić information content (AvgIpc) is 2.48. The first-order chi connectivity index (χ1) is 9.69. The monoisotopic (exact) mass is 327 g/mol. The third-order valence-corrected chi connectivity index (χ3v) is 4.20. The van der Waals surface area contributed by atoms with E-state index in [-0.39, 0.29) is 6.04 Å². The van der Waals surface area contributed by atoms with E-state index in [0.29, 0.717) is 15.9 Å². The fourth-order valence-corrected chi connectivity index (χ4v) is 2.53. The fourth-order valence-electron chi connectivity index (χ4n) is 1.99. The van der Waals surface area contributed by atoms with Gasteiger partial charge < -0.3 is 5.32 Å². The molecule has 0 aromatic heterocycles. The first-order valence-corrected chi connectivity index (χ1v) is 7.75. The predicted octanol–water partition coefficient (Wildman–Crippen LogP) is 4.93. The van der Waals surface area contributed by atoms with Gasteiger partial charge in [0.25, 0.3) is 0 Å². The molecule has 2 aromatic carbocycles. The Bertz CT molecular complexity index is 543. The number of hydrogen-bond donors (Lipinski definition) is 1. The third-order valence-electron chi connectivity index (χ3n) is 3.09. The minimum absolute atomic E-state index is 0.230. The zero-order valence-corrected chi connectivity index (χ0v) is 13.2. The van der Waals surface area contributed by atoms with Crippen LogP contribution in [0.3, 0.4) is 0 Å². The Morgan fingerprint density at radius 1 is 0.900 bits per heavy atom. The molecule has 2 aromatic rings. The summed E-state index contributed by atoms with van der Waals surface area (Å²) in [5, 5.41) is 4.60. The number of hydrogen-bond acceptors (Lipinski definition) is 1. The summed E-state index contributed by atoms with van der Waals surface area (Å²) in [6.07, 6.45) is 0.908. The van der Waals surface area contributed by atoms with Crippen molar-refractivity contribution in [3.63, 3.8) is 0 Å². The van der Waals surface area contributed by atoms with Crippen LogP contribution >= 0.6 is 34.8 Å². The topological polar surface area (TPSA) is 12.0 Å². The summed E-state index contributed by atoms with van der Waals surface area (Å²) in [6.45, 7) is 0.723. The maximum atomic E-state index is 6.03. The quantitative estimate of drug-likeness (QED) is 0.741. The van der Waals surface area contributed by atoms with E-state index >= 15 is 0 Å². The molecule has 20 heavy (non-hydrogen) atoms. The number of halogens is 3. The molecule has 2 rings (SSSR count). The van der Waals surface area contributed by atoms with Crippen LogP contribution in [0.1, 0.15) is 11.1 Å². The van der Waals surface area contributed by atoms with E-state index < -0.39 is 0 Å². The maximum Gasteiger partial charge on any atom is 0.0595 e. The molecule has 0 amide bonds. The molecule has 0 heterocycles. The highest BCUT2D eigenvalue weighted by molar-refractivity contribution is 6.42. The van der Waals surface area contributed by atoms with Crippen LogP contribution in [0.4, 0.5) is 0 Å². The molecule has 0 aliphatic carbocycles. The van der Waals surface area contributed by atoms with Gasteiger partial charge in [-0.25, -0.2) is 0 Å². The van der Waals surface area contributed by atoms with Crippen LogP contribution in [0.2, 0.25) is 10.0 Å². The lowest BCUT2D eigenvalue weighted by Crippen LogP contribution is -2.32. The van der Waals surface area contributed by atoms with Gasteiger partial charge in [-0.1, -0.05) is 59.6 Å². The van der Waals surface area contributed by atoms with Crippen molar-refractivity contribution < 1.29 is 0 Å². The van der Waals surface area contributed by atoms with Crippen molar-refractivity contribution in [2.75, 3.05) is 5.88 Å². The molecule has 0 bridgehead atoms. The Labute approximate surface area is 134 Å². The van der Waals surface area contributed by atoms with Gasteiger partial charge in [-0.05, 0) is 29.7 Å². The SMILES string of the molecule is ClCC(Cc1ccccc1)NCc1ccc(Cl)c(Cl)c1. The van der Waals surface area contributed by atoms with Crippen molar-refractivity contribution >= 4 is 34.8 Å². The second-order valence-corrected chi connectivity index (χ2v) is 5.79. The van der Waals surface area contributed by atoms with Gasteiger partial charge >= 0.3 is 0 Å². The Morgan fingerprint density at radius 3 is 2.30 bits per heavy atom. The number of alkyl halides is 1. The molecular weight excluding hydrogens is 313 g/mol. The highest BCUT2D eigenvalue weighted by Crippen LogP contribution is 2.22. The third kappa shape index (κ3) is 4.68. The molecule has 1 unspecified atom stereocenters. The molecule has 0 saturated heterocycles. The van der Waals surface area contributed by atoms with E-state index in [1.165, 1.54) is 5.56 Å². The number of rotatable bonds is 6. The average molecular weight is 329 g/mol. The van der Waals surface area contributed by atoms with Crippen molar-refractivity contribution in [3.05, 3.63) is 69.7 Å². The van der Waals surface area contributed by atoms with E-state index in [1.54, 1.807) is 0 Å². The zero-order valence-electron chi connectivity index (χ0n) is 11.0. The number of nitrogens with one attached hydrogen (secondary N) is 1. The van der Waals surface area contributed by atoms with Crippen molar-refractivity contribution in [1.29, 1.82) is 0 Å². The van der Waals surface area contributed by atoms with E-state index in [1.807, 2.05) is 36.4 Å². The Balaban J connectivity index is 1.92. The van der Waals surface area contributed by atoms with Crippen LogP contribution in [0.5, 0.6) is 0 Å². The van der Waals surface area contributed by atoms with Gasteiger partial charge in [0.15, 0.2) is 0 Å². The first-order valence-electron chi connectivity index (χ1n) is 6.46. The van der Waals surface area contributed by atoms with E-state index in [2.05, 4.69) is 17.4 Å². The second-order valence-electron chi connectivity index (χ2n) is 4.67. The van der Waals surface area contributed by atoms with Gasteiger partial charge in [-0.15, -0.1) is 11.6 Å². The summed E-state index contributed by atoms with van der Waals surface area (Å²) in [5.74, 6) is 0.566. The molecule has 0 spiro atoms. The minimum Gasteiger partial charge on any atom is -0.308 e. The molecule has 0 aliphatic heterocycles. The standard InChI is InChI=1S/C16H16Cl3N/c17-10-14(8-12-4-2-1-3-5-12)20-11-13-6-7-15(18)16(19)9-13/h1-7,9,14,20H,8,10-11H2. The van der Waals surface area contributed by atoms with Crippen molar-refractivity contribution in [2.24, 2.45) is 0 Å². The molecule has 4 heteroatoms. The molecule has 1 atom stereocenters. The van der Waals surface area contributed by atoms with Gasteiger partial charge in [0, 0.05) is 18.5 Å². The van der Waals surface area contributed by atoms with Crippen molar-refractivity contribution in [3.8, 4) is 0 Å². The molecule has 0 radical (unpaired) electrons. The second kappa shape index (κ2) is 7.90. The number of benzene rings is 2. The summed E-state index contributed by atoms with van der Waals surface area (Å²) in [6, 6.07) is 16.2. The van der Waals surface area contributed by atoms with Gasteiger partial charge in [0.05, 0.1) is 10.0 Å². The van der Waals surface area contributed by atoms with Gasteiger partial charge in [-0.2, -0.15) is 0 Å². The molecular formula is C16H16Cl3N. The normalized spacial score (nSPS) is 12.3. The lowest BCUT2D eigenvalue weighted by molar-refractivity contribution is 0.550. The fraction of sp³-hybridized carbons (Fsp3) is 0.250. The summed E-state index contributed by atoms with van der Waals surface area (Å²) >= 11 is 17.9. The van der Waals surface area contributed by atoms with Crippen LogP contribution in [-0.4, -0.2) is 11.9 Å². The Hall–Kier alpha value is -0.730. The summed E-state index contributed by atoms with van der Waals surface area (Å²) in [7, 11) is 0. The highest BCUT2D eigenvalue weighted by Gasteiger charge is 2.08. The van der Waals surface area contributed by atoms with Crippen LogP contribution in [-0.2, 0) is 13.0 Å². The molecule has 106 valence electrons. The summed E-state index contributed by atoms with van der Waals surface area (Å²) < 4.78 is 0. The van der Waals surface area contributed by atoms with Crippen LogP contribution in [0.15, 0.2) is 48.5 Å². The van der Waals surface area contributed by atoms with E-state index in [0.717, 1.165) is 18.5 Å². The van der Waals surface area contributed by atoms with Gasteiger partial charge in [-0.3, -0.25) is 0 Å². The summed E-state index contributed by atoms with van der Waals surface area (Å²) in [4.78, 5) is 0. The van der Waals surface area contributed by atoms with Crippen molar-refractivity contribution in [2.45, 2.75) is 19.0 Å².